The van der Waals surface area contributed by atoms with E-state index in [1.165, 1.54) is 0 Å². The summed E-state index contributed by atoms with van der Waals surface area (Å²) in [7, 11) is 0. The molecule has 0 aliphatic carbocycles. The first-order valence-corrected chi connectivity index (χ1v) is 5.91. The Hall–Kier alpha value is -1.52. The van der Waals surface area contributed by atoms with Gasteiger partial charge in [0.05, 0.1) is 17.7 Å². The van der Waals surface area contributed by atoms with E-state index in [0.29, 0.717) is 6.54 Å². The molecule has 0 aliphatic rings. The summed E-state index contributed by atoms with van der Waals surface area (Å²) in [6.45, 7) is 0.440. The lowest BCUT2D eigenvalue weighted by Crippen LogP contribution is -2.20. The molecule has 5 heteroatoms. The number of alkyl halides is 1. The van der Waals surface area contributed by atoms with Crippen molar-refractivity contribution in [3.63, 3.8) is 0 Å². The molecule has 0 aliphatic heterocycles. The fourth-order valence-electron chi connectivity index (χ4n) is 1.50. The van der Waals surface area contributed by atoms with Gasteiger partial charge in [0.1, 0.15) is 0 Å². The molecule has 0 amide bonds. The third-order valence-corrected chi connectivity index (χ3v) is 2.75. The number of halogens is 1. The lowest BCUT2D eigenvalue weighted by Gasteiger charge is -2.10. The van der Waals surface area contributed by atoms with Crippen LogP contribution in [0.15, 0.2) is 36.5 Å². The van der Waals surface area contributed by atoms with E-state index in [-0.39, 0.29) is 5.88 Å². The Morgan fingerprint density at radius 2 is 2.29 bits per heavy atom. The molecule has 17 heavy (non-hydrogen) atoms. The Morgan fingerprint density at radius 3 is 3.00 bits per heavy atom. The molecule has 1 heterocycles. The van der Waals surface area contributed by atoms with E-state index in [0.717, 1.165) is 16.9 Å². The van der Waals surface area contributed by atoms with Gasteiger partial charge in [0.15, 0.2) is 0 Å². The van der Waals surface area contributed by atoms with Crippen molar-refractivity contribution in [2.45, 2.75) is 6.10 Å². The van der Waals surface area contributed by atoms with Crippen molar-refractivity contribution in [3.05, 3.63) is 36.5 Å². The second kappa shape index (κ2) is 5.70. The number of nitrogens with zero attached hydrogens (tertiary/aromatic N) is 1. The van der Waals surface area contributed by atoms with E-state index in [2.05, 4.69) is 15.5 Å². The molecule has 3 N–H and O–H groups in total. The molecule has 0 saturated heterocycles. The number of hydrogen-bond donors (Lipinski definition) is 3. The average molecular weight is 252 g/mol. The molecule has 90 valence electrons. The zero-order valence-corrected chi connectivity index (χ0v) is 9.98. The van der Waals surface area contributed by atoms with Gasteiger partial charge in [-0.3, -0.25) is 5.10 Å². The van der Waals surface area contributed by atoms with Gasteiger partial charge in [0.2, 0.25) is 0 Å². The lowest BCUT2D eigenvalue weighted by atomic mass is 10.1. The second-order valence-electron chi connectivity index (χ2n) is 3.74. The number of H-pyrrole nitrogens is 1. The van der Waals surface area contributed by atoms with Crippen LogP contribution in [-0.4, -0.2) is 33.8 Å². The van der Waals surface area contributed by atoms with Crippen LogP contribution >= 0.6 is 11.6 Å². The Balaban J connectivity index is 2.07. The summed E-state index contributed by atoms with van der Waals surface area (Å²) in [5.41, 5.74) is 2.96. The molecular weight excluding hydrogens is 238 g/mol. The van der Waals surface area contributed by atoms with Crippen molar-refractivity contribution in [3.8, 4) is 11.3 Å². The number of nitrogens with one attached hydrogen (secondary N) is 2. The molecule has 4 nitrogen and oxygen atoms in total. The Kier molecular flexibility index (Phi) is 4.01. The van der Waals surface area contributed by atoms with Crippen molar-refractivity contribution < 1.29 is 5.11 Å². The fourth-order valence-corrected chi connectivity index (χ4v) is 1.61. The minimum atomic E-state index is -0.535. The van der Waals surface area contributed by atoms with Crippen LogP contribution in [-0.2, 0) is 0 Å². The van der Waals surface area contributed by atoms with Crippen LogP contribution in [0.5, 0.6) is 0 Å². The van der Waals surface area contributed by atoms with Gasteiger partial charge in [-0.25, -0.2) is 0 Å². The van der Waals surface area contributed by atoms with Crippen molar-refractivity contribution in [2.75, 3.05) is 17.7 Å². The van der Waals surface area contributed by atoms with E-state index in [1.54, 1.807) is 6.20 Å². The molecule has 0 saturated carbocycles. The molecule has 0 radical (unpaired) electrons. The normalized spacial score (nSPS) is 12.4. The van der Waals surface area contributed by atoms with Gasteiger partial charge in [-0.1, -0.05) is 12.1 Å². The van der Waals surface area contributed by atoms with Gasteiger partial charge in [-0.05, 0) is 18.2 Å². The molecule has 1 aromatic heterocycles. The molecule has 0 fully saturated rings. The van der Waals surface area contributed by atoms with E-state index in [4.69, 9.17) is 11.6 Å². The van der Waals surface area contributed by atoms with Gasteiger partial charge >= 0.3 is 0 Å². The maximum absolute atomic E-state index is 9.36. The summed E-state index contributed by atoms with van der Waals surface area (Å²) in [5.74, 6) is 0.229. The number of aliphatic hydroxyl groups is 1. The maximum Gasteiger partial charge on any atom is 0.0847 e. The first-order chi connectivity index (χ1) is 8.29. The number of hydrogen-bond acceptors (Lipinski definition) is 3. The van der Waals surface area contributed by atoms with Crippen LogP contribution in [0.1, 0.15) is 0 Å². The van der Waals surface area contributed by atoms with Crippen molar-refractivity contribution in [1.82, 2.24) is 10.2 Å². The lowest BCUT2D eigenvalue weighted by molar-refractivity contribution is 0.211. The van der Waals surface area contributed by atoms with Gasteiger partial charge in [0, 0.05) is 24.0 Å². The highest BCUT2D eigenvalue weighted by atomic mass is 35.5. The molecule has 0 bridgehead atoms. The zero-order valence-electron chi connectivity index (χ0n) is 9.23. The average Bonchev–Trinajstić information content (AvgIpc) is 2.90. The summed E-state index contributed by atoms with van der Waals surface area (Å²) in [6, 6.07) is 9.80. The Morgan fingerprint density at radius 1 is 1.41 bits per heavy atom. The molecule has 2 rings (SSSR count). The predicted molar refractivity (Wildman–Crippen MR) is 69.2 cm³/mol. The van der Waals surface area contributed by atoms with Gasteiger partial charge in [-0.15, -0.1) is 11.6 Å². The zero-order chi connectivity index (χ0) is 12.1. The summed E-state index contributed by atoms with van der Waals surface area (Å²) in [5, 5.41) is 19.3. The molecule has 1 unspecified atom stereocenters. The molecular formula is C12H14ClN3O. The van der Waals surface area contributed by atoms with Crippen LogP contribution in [0.2, 0.25) is 0 Å². The minimum Gasteiger partial charge on any atom is -0.390 e. The first kappa shape index (κ1) is 12.0. The maximum atomic E-state index is 9.36. The van der Waals surface area contributed by atoms with Crippen LogP contribution < -0.4 is 5.32 Å². The number of aliphatic hydroxyl groups excluding tert-OH is 1. The summed E-state index contributed by atoms with van der Waals surface area (Å²) in [4.78, 5) is 0. The standard InChI is InChI=1S/C12H14ClN3O/c13-7-11(17)8-14-10-3-1-2-9(6-10)12-4-5-15-16-12/h1-6,11,14,17H,7-8H2,(H,15,16). The van der Waals surface area contributed by atoms with Gasteiger partial charge in [-0.2, -0.15) is 5.10 Å². The molecule has 0 spiro atoms. The predicted octanol–water partition coefficient (Wildman–Crippen LogP) is 2.09. The number of aromatic nitrogens is 2. The van der Waals surface area contributed by atoms with E-state index in [1.807, 2.05) is 30.3 Å². The number of benzene rings is 1. The fraction of sp³-hybridized carbons (Fsp3) is 0.250. The second-order valence-corrected chi connectivity index (χ2v) is 4.05. The van der Waals surface area contributed by atoms with Gasteiger partial charge in [0.25, 0.3) is 0 Å². The molecule has 1 aromatic carbocycles. The van der Waals surface area contributed by atoms with Crippen molar-refractivity contribution in [2.24, 2.45) is 0 Å². The van der Waals surface area contributed by atoms with Gasteiger partial charge < -0.3 is 10.4 Å². The molecule has 2 aromatic rings. The number of rotatable bonds is 5. The molecule has 1 atom stereocenters. The third kappa shape index (κ3) is 3.22. The van der Waals surface area contributed by atoms with Crippen molar-refractivity contribution in [1.29, 1.82) is 0 Å². The van der Waals surface area contributed by atoms with Crippen LogP contribution in [0, 0.1) is 0 Å². The number of aromatic amines is 1. The van der Waals surface area contributed by atoms with Crippen molar-refractivity contribution >= 4 is 17.3 Å². The van der Waals surface area contributed by atoms with Crippen LogP contribution in [0.4, 0.5) is 5.69 Å². The topological polar surface area (TPSA) is 60.9 Å². The highest BCUT2D eigenvalue weighted by Gasteiger charge is 2.03. The monoisotopic (exact) mass is 251 g/mol. The Labute approximate surface area is 105 Å². The minimum absolute atomic E-state index is 0.229. The quantitative estimate of drug-likeness (QED) is 0.713. The summed E-state index contributed by atoms with van der Waals surface area (Å²) >= 11 is 5.53. The van der Waals surface area contributed by atoms with Crippen LogP contribution in [0.25, 0.3) is 11.3 Å². The van der Waals surface area contributed by atoms with E-state index < -0.39 is 6.10 Å². The van der Waals surface area contributed by atoms with E-state index in [9.17, 15) is 5.11 Å². The summed E-state index contributed by atoms with van der Waals surface area (Å²) in [6.07, 6.45) is 1.18. The number of anilines is 1. The largest absolute Gasteiger partial charge is 0.390 e. The highest BCUT2D eigenvalue weighted by Crippen LogP contribution is 2.20. The summed E-state index contributed by atoms with van der Waals surface area (Å²) < 4.78 is 0. The Bertz CT molecular complexity index is 459. The third-order valence-electron chi connectivity index (χ3n) is 2.39. The van der Waals surface area contributed by atoms with Crippen LogP contribution in [0.3, 0.4) is 0 Å². The highest BCUT2D eigenvalue weighted by molar-refractivity contribution is 6.18. The van der Waals surface area contributed by atoms with E-state index >= 15 is 0 Å². The SMILES string of the molecule is OC(CCl)CNc1cccc(-c2ccn[nH]2)c1. The smallest absolute Gasteiger partial charge is 0.0847 e. The first-order valence-electron chi connectivity index (χ1n) is 5.37.